The van der Waals surface area contributed by atoms with Crippen molar-refractivity contribution in [1.82, 2.24) is 15.6 Å². The summed E-state index contributed by atoms with van der Waals surface area (Å²) in [5.41, 5.74) is 12.1. The third-order valence-electron chi connectivity index (χ3n) is 5.18. The molecule has 0 aliphatic heterocycles. The van der Waals surface area contributed by atoms with E-state index in [4.69, 9.17) is 27.2 Å². The van der Waals surface area contributed by atoms with Crippen molar-refractivity contribution in [3.63, 3.8) is 0 Å². The van der Waals surface area contributed by atoms with Crippen molar-refractivity contribution in [2.45, 2.75) is 70.9 Å². The molecule has 0 heterocycles. The number of amides is 1. The molecular formula is C21H42N6O5. The van der Waals surface area contributed by atoms with Crippen LogP contribution in [0.3, 0.4) is 0 Å². The summed E-state index contributed by atoms with van der Waals surface area (Å²) in [5, 5.41) is 15.7. The van der Waals surface area contributed by atoms with Gasteiger partial charge in [-0.05, 0) is 52.0 Å². The Morgan fingerprint density at radius 2 is 1.81 bits per heavy atom. The Bertz CT molecular complexity index is 601. The molecule has 0 rings (SSSR count). The summed E-state index contributed by atoms with van der Waals surface area (Å²) in [4.78, 5) is 34.6. The van der Waals surface area contributed by atoms with Crippen LogP contribution in [0.25, 0.3) is 0 Å². The molecule has 0 aromatic heterocycles. The van der Waals surface area contributed by atoms with Crippen molar-refractivity contribution in [3.05, 3.63) is 11.9 Å². The molecule has 3 atom stereocenters. The zero-order valence-electron chi connectivity index (χ0n) is 19.6. The van der Waals surface area contributed by atoms with Gasteiger partial charge in [-0.25, -0.2) is 10.6 Å². The van der Waals surface area contributed by atoms with Crippen LogP contribution in [0, 0.1) is 5.92 Å². The van der Waals surface area contributed by atoms with Crippen LogP contribution in [-0.4, -0.2) is 66.8 Å². The first-order valence-corrected chi connectivity index (χ1v) is 11.2. The van der Waals surface area contributed by atoms with Crippen molar-refractivity contribution >= 4 is 17.8 Å². The number of alkyl carbamates (subject to hydrolysis) is 1. The summed E-state index contributed by atoms with van der Waals surface area (Å²) in [6.07, 6.45) is 5.58. The highest BCUT2D eigenvalue weighted by Gasteiger charge is 2.18. The standard InChI is InChI=1S/C21H42N6O5/c1-4-15(2)19(28)17(23)9-6-8-12-27(24)13-16(22)14-32-21(31)26-11-7-5-10-18(25-3)20(29)30/h13,15,17-18,25H,4-12,14,22-24H2,1-3H3,(H,26,31)(H,29,30)/b16-13-. The number of nitrogens with two attached hydrogens (primary N) is 3. The molecule has 0 aliphatic rings. The number of carbonyl (C=O) groups excluding carboxylic acids is 2. The second kappa shape index (κ2) is 17.2. The molecule has 0 aromatic carbocycles. The number of hydrazine groups is 1. The number of likely N-dealkylation sites (N-methyl/N-ethyl adjacent to an activating group) is 1. The van der Waals surface area contributed by atoms with Crippen LogP contribution in [0.15, 0.2) is 11.9 Å². The minimum absolute atomic E-state index is 0.0152. The smallest absolute Gasteiger partial charge is 0.407 e. The Balaban J connectivity index is 3.96. The van der Waals surface area contributed by atoms with Gasteiger partial charge in [0.2, 0.25) is 0 Å². The lowest BCUT2D eigenvalue weighted by atomic mass is 9.95. The molecule has 9 N–H and O–H groups in total. The van der Waals surface area contributed by atoms with Gasteiger partial charge in [-0.15, -0.1) is 0 Å². The molecular weight excluding hydrogens is 416 g/mol. The fourth-order valence-corrected chi connectivity index (χ4v) is 2.94. The molecule has 0 saturated heterocycles. The van der Waals surface area contributed by atoms with Crippen LogP contribution in [0.4, 0.5) is 4.79 Å². The van der Waals surface area contributed by atoms with Crippen molar-refractivity contribution in [3.8, 4) is 0 Å². The lowest BCUT2D eigenvalue weighted by Gasteiger charge is -2.17. The van der Waals surface area contributed by atoms with E-state index in [9.17, 15) is 14.4 Å². The number of aliphatic carboxylic acids is 1. The molecule has 11 heteroatoms. The van der Waals surface area contributed by atoms with Gasteiger partial charge in [0, 0.05) is 25.2 Å². The lowest BCUT2D eigenvalue weighted by Crippen LogP contribution is -2.35. The Hall–Kier alpha value is -2.37. The summed E-state index contributed by atoms with van der Waals surface area (Å²) >= 11 is 0. The van der Waals surface area contributed by atoms with E-state index in [1.54, 1.807) is 7.05 Å². The molecule has 11 nitrogen and oxygen atoms in total. The number of carboxylic acids is 1. The molecule has 32 heavy (non-hydrogen) atoms. The number of unbranched alkanes of at least 4 members (excludes halogenated alkanes) is 2. The number of carboxylic acid groups (broad SMARTS) is 1. The second-order valence-corrected chi connectivity index (χ2v) is 7.93. The predicted octanol–water partition coefficient (Wildman–Crippen LogP) is 0.644. The first-order chi connectivity index (χ1) is 15.1. The van der Waals surface area contributed by atoms with Gasteiger partial charge in [0.25, 0.3) is 0 Å². The van der Waals surface area contributed by atoms with Gasteiger partial charge in [-0.3, -0.25) is 9.59 Å². The van der Waals surface area contributed by atoms with Crippen LogP contribution in [0.1, 0.15) is 58.8 Å². The third-order valence-corrected chi connectivity index (χ3v) is 5.18. The highest BCUT2D eigenvalue weighted by Crippen LogP contribution is 2.09. The number of rotatable bonds is 18. The first kappa shape index (κ1) is 29.6. The van der Waals surface area contributed by atoms with Gasteiger partial charge in [-0.1, -0.05) is 13.8 Å². The molecule has 1 amide bonds. The maximum absolute atomic E-state index is 12.0. The van der Waals surface area contributed by atoms with Crippen molar-refractivity contribution in [1.29, 1.82) is 0 Å². The Labute approximate surface area is 191 Å². The number of nitrogens with zero attached hydrogens (tertiary/aromatic N) is 1. The van der Waals surface area contributed by atoms with E-state index in [1.807, 2.05) is 13.8 Å². The zero-order chi connectivity index (χ0) is 24.5. The van der Waals surface area contributed by atoms with E-state index in [-0.39, 0.29) is 18.3 Å². The van der Waals surface area contributed by atoms with Crippen LogP contribution in [0.5, 0.6) is 0 Å². The number of Topliss-reactive ketones (excluding diaryl/α,β-unsaturated/α-hetero) is 1. The highest BCUT2D eigenvalue weighted by atomic mass is 16.5. The van der Waals surface area contributed by atoms with Crippen LogP contribution < -0.4 is 27.9 Å². The van der Waals surface area contributed by atoms with Crippen molar-refractivity contribution in [2.75, 3.05) is 26.7 Å². The van der Waals surface area contributed by atoms with Gasteiger partial charge in [0.05, 0.1) is 11.7 Å². The normalized spacial score (nSPS) is 14.3. The van der Waals surface area contributed by atoms with Crippen LogP contribution in [0.2, 0.25) is 0 Å². The Morgan fingerprint density at radius 1 is 1.16 bits per heavy atom. The van der Waals surface area contributed by atoms with Crippen LogP contribution in [-0.2, 0) is 14.3 Å². The highest BCUT2D eigenvalue weighted by molar-refractivity contribution is 5.85. The van der Waals surface area contributed by atoms with Crippen molar-refractivity contribution < 1.29 is 24.2 Å². The predicted molar refractivity (Wildman–Crippen MR) is 123 cm³/mol. The van der Waals surface area contributed by atoms with E-state index < -0.39 is 24.1 Å². The third kappa shape index (κ3) is 13.8. The van der Waals surface area contributed by atoms with Gasteiger partial charge >= 0.3 is 12.1 Å². The molecule has 0 aromatic rings. The Kier molecular flexibility index (Phi) is 15.9. The average molecular weight is 459 g/mol. The Morgan fingerprint density at radius 3 is 2.41 bits per heavy atom. The van der Waals surface area contributed by atoms with Gasteiger partial charge in [0.15, 0.2) is 5.78 Å². The van der Waals surface area contributed by atoms with Crippen LogP contribution >= 0.6 is 0 Å². The summed E-state index contributed by atoms with van der Waals surface area (Å²) in [6.45, 7) is 4.66. The molecule has 0 fully saturated rings. The van der Waals surface area contributed by atoms with E-state index >= 15 is 0 Å². The molecule has 0 aliphatic carbocycles. The topological polar surface area (TPSA) is 186 Å². The van der Waals surface area contributed by atoms with Gasteiger partial charge < -0.3 is 37.0 Å². The number of hydrogen-bond donors (Lipinski definition) is 6. The molecule has 0 radical (unpaired) electrons. The summed E-state index contributed by atoms with van der Waals surface area (Å²) in [5.74, 6) is 5.06. The lowest BCUT2D eigenvalue weighted by molar-refractivity contribution is -0.139. The summed E-state index contributed by atoms with van der Waals surface area (Å²) in [7, 11) is 1.60. The molecule has 186 valence electrons. The monoisotopic (exact) mass is 458 g/mol. The number of ether oxygens (including phenoxy) is 1. The number of ketones is 1. The van der Waals surface area contributed by atoms with E-state index in [0.29, 0.717) is 44.5 Å². The summed E-state index contributed by atoms with van der Waals surface area (Å²) in [6, 6.07) is -1.03. The van der Waals surface area contributed by atoms with E-state index in [1.165, 1.54) is 11.2 Å². The number of carbonyl (C=O) groups is 3. The second-order valence-electron chi connectivity index (χ2n) is 7.93. The maximum Gasteiger partial charge on any atom is 0.407 e. The van der Waals surface area contributed by atoms with Gasteiger partial charge in [-0.2, -0.15) is 0 Å². The first-order valence-electron chi connectivity index (χ1n) is 11.2. The fourth-order valence-electron chi connectivity index (χ4n) is 2.94. The minimum Gasteiger partial charge on any atom is -0.480 e. The zero-order valence-corrected chi connectivity index (χ0v) is 19.6. The quantitative estimate of drug-likeness (QED) is 0.0966. The SMILES string of the molecule is CCC(C)C(=O)C(N)CCCCN(N)/C=C(\N)COC(=O)NCCCCC(NC)C(=O)O. The van der Waals surface area contributed by atoms with E-state index in [2.05, 4.69) is 10.6 Å². The number of nitrogens with one attached hydrogen (secondary N) is 2. The van der Waals surface area contributed by atoms with Gasteiger partial charge in [0.1, 0.15) is 12.6 Å². The number of hydrogen-bond acceptors (Lipinski definition) is 9. The maximum atomic E-state index is 12.0. The average Bonchev–Trinajstić information content (AvgIpc) is 2.76. The molecule has 3 unspecified atom stereocenters. The molecule has 0 spiro atoms. The van der Waals surface area contributed by atoms with Crippen molar-refractivity contribution in [2.24, 2.45) is 23.2 Å². The molecule has 0 bridgehead atoms. The summed E-state index contributed by atoms with van der Waals surface area (Å²) < 4.78 is 5.02. The minimum atomic E-state index is -0.892. The fraction of sp³-hybridized carbons (Fsp3) is 0.762. The largest absolute Gasteiger partial charge is 0.480 e. The van der Waals surface area contributed by atoms with E-state index in [0.717, 1.165) is 19.3 Å². The molecule has 0 saturated carbocycles.